The fourth-order valence-corrected chi connectivity index (χ4v) is 0. The summed E-state index contributed by atoms with van der Waals surface area (Å²) in [6, 6.07) is 0. The van der Waals surface area contributed by atoms with Crippen molar-refractivity contribution in [1.82, 2.24) is 0 Å². The maximum absolute atomic E-state index is 4.31. The molecule has 0 aromatic rings. The van der Waals surface area contributed by atoms with Crippen LogP contribution in [-0.2, 0) is 4.74 Å². The molecule has 0 atom stereocenters. The highest BCUT2D eigenvalue weighted by Gasteiger charge is 1.36. The molecule has 1 nitrogen and oxygen atoms in total. The Hall–Kier alpha value is -0.460. The largest absolute Gasteiger partial charge is 0.505 e. The molecule has 0 radical (unpaired) electrons. The minimum atomic E-state index is 0. The quantitative estimate of drug-likeness (QED) is 0.410. The molecular formula is C3H8O. The molecule has 0 saturated heterocycles. The summed E-state index contributed by atoms with van der Waals surface area (Å²) in [6.07, 6.45) is 1.38. The number of hydrogen-bond donors (Lipinski definition) is 0. The van der Waals surface area contributed by atoms with Gasteiger partial charge in [0.1, 0.15) is 0 Å². The standard InChI is InChI=1S/C3H6O.H2/c1-3-4-2;/h3H,1H2,2H3;1H. The Morgan fingerprint density at radius 3 is 2.50 bits per heavy atom. The van der Waals surface area contributed by atoms with E-state index in [2.05, 4.69) is 11.3 Å². The van der Waals surface area contributed by atoms with Crippen molar-refractivity contribution >= 4 is 0 Å². The summed E-state index contributed by atoms with van der Waals surface area (Å²) in [5, 5.41) is 0. The molecule has 0 fully saturated rings. The minimum absolute atomic E-state index is 0. The summed E-state index contributed by atoms with van der Waals surface area (Å²) in [5.41, 5.74) is 0. The van der Waals surface area contributed by atoms with Crippen molar-refractivity contribution in [3.8, 4) is 0 Å². The third-order valence-corrected chi connectivity index (χ3v) is 0.167. The van der Waals surface area contributed by atoms with Crippen LogP contribution in [0, 0.1) is 0 Å². The van der Waals surface area contributed by atoms with Gasteiger partial charge in [0, 0.05) is 1.43 Å². The molecule has 4 heavy (non-hydrogen) atoms. The fourth-order valence-electron chi connectivity index (χ4n) is 0. The van der Waals surface area contributed by atoms with Crippen LogP contribution in [0.3, 0.4) is 0 Å². The van der Waals surface area contributed by atoms with E-state index in [1.807, 2.05) is 0 Å². The number of methoxy groups -OCH3 is 1. The predicted molar refractivity (Wildman–Crippen MR) is 19.3 cm³/mol. The highest BCUT2D eigenvalue weighted by molar-refractivity contribution is 4.43. The van der Waals surface area contributed by atoms with E-state index in [4.69, 9.17) is 0 Å². The van der Waals surface area contributed by atoms with Gasteiger partial charge in [-0.15, -0.1) is 0 Å². The normalized spacial score (nSPS) is 5.25. The molecule has 0 N–H and O–H groups in total. The smallest absolute Gasteiger partial charge is 0.0766 e. The van der Waals surface area contributed by atoms with E-state index in [0.717, 1.165) is 0 Å². The van der Waals surface area contributed by atoms with Gasteiger partial charge in [-0.25, -0.2) is 0 Å². The Morgan fingerprint density at radius 2 is 2.50 bits per heavy atom. The lowest BCUT2D eigenvalue weighted by Crippen LogP contribution is -1.54. The van der Waals surface area contributed by atoms with E-state index in [0.29, 0.717) is 0 Å². The van der Waals surface area contributed by atoms with Gasteiger partial charge in [0.15, 0.2) is 0 Å². The fraction of sp³-hybridized carbons (Fsp3) is 0.333. The summed E-state index contributed by atoms with van der Waals surface area (Å²) in [5.74, 6) is 0. The molecule has 0 aliphatic heterocycles. The van der Waals surface area contributed by atoms with Gasteiger partial charge in [0.25, 0.3) is 0 Å². The minimum Gasteiger partial charge on any atom is -0.505 e. The summed E-state index contributed by atoms with van der Waals surface area (Å²) < 4.78 is 4.31. The monoisotopic (exact) mass is 60.1 g/mol. The molecule has 0 aromatic heterocycles. The van der Waals surface area contributed by atoms with Gasteiger partial charge in [-0.3, -0.25) is 0 Å². The molecule has 26 valence electrons. The maximum atomic E-state index is 4.31. The van der Waals surface area contributed by atoms with Crippen molar-refractivity contribution in [3.63, 3.8) is 0 Å². The van der Waals surface area contributed by atoms with Crippen molar-refractivity contribution in [2.24, 2.45) is 0 Å². The Labute approximate surface area is 27.4 Å². The molecular weight excluding hydrogens is 52.0 g/mol. The van der Waals surface area contributed by atoms with Crippen molar-refractivity contribution in [3.05, 3.63) is 12.8 Å². The van der Waals surface area contributed by atoms with Gasteiger partial charge >= 0.3 is 0 Å². The SMILES string of the molecule is C=COC.[HH]. The Morgan fingerprint density at radius 1 is 2.25 bits per heavy atom. The molecule has 0 aliphatic rings. The van der Waals surface area contributed by atoms with E-state index in [-0.39, 0.29) is 1.43 Å². The molecule has 0 heterocycles. The van der Waals surface area contributed by atoms with Crippen molar-refractivity contribution < 1.29 is 6.16 Å². The summed E-state index contributed by atoms with van der Waals surface area (Å²) in [4.78, 5) is 0. The molecule has 1 heteroatoms. The first-order valence-corrected chi connectivity index (χ1v) is 1.05. The van der Waals surface area contributed by atoms with E-state index in [1.54, 1.807) is 7.11 Å². The van der Waals surface area contributed by atoms with Crippen LogP contribution < -0.4 is 0 Å². The van der Waals surface area contributed by atoms with Crippen LogP contribution in [0.5, 0.6) is 0 Å². The van der Waals surface area contributed by atoms with Gasteiger partial charge in [-0.2, -0.15) is 0 Å². The molecule has 0 amide bonds. The van der Waals surface area contributed by atoms with Gasteiger partial charge in [0.2, 0.25) is 0 Å². The second-order valence-electron chi connectivity index (χ2n) is 0.402. The zero-order valence-electron chi connectivity index (χ0n) is 2.69. The molecule has 0 unspecified atom stereocenters. The highest BCUT2D eigenvalue weighted by Crippen LogP contribution is 1.52. The third-order valence-electron chi connectivity index (χ3n) is 0.167. The number of ether oxygens (including phenoxy) is 1. The number of rotatable bonds is 1. The van der Waals surface area contributed by atoms with E-state index >= 15 is 0 Å². The van der Waals surface area contributed by atoms with Crippen molar-refractivity contribution in [2.75, 3.05) is 7.11 Å². The van der Waals surface area contributed by atoms with Gasteiger partial charge in [-0.05, 0) is 0 Å². The topological polar surface area (TPSA) is 9.23 Å². The summed E-state index contributed by atoms with van der Waals surface area (Å²) in [7, 11) is 1.56. The third kappa shape index (κ3) is 1.54. The Kier molecular flexibility index (Phi) is 2.25. The summed E-state index contributed by atoms with van der Waals surface area (Å²) >= 11 is 0. The van der Waals surface area contributed by atoms with Gasteiger partial charge in [0.05, 0.1) is 13.4 Å². The summed E-state index contributed by atoms with van der Waals surface area (Å²) in [6.45, 7) is 3.26. The molecule has 0 aromatic carbocycles. The van der Waals surface area contributed by atoms with Crippen LogP contribution in [0.15, 0.2) is 12.8 Å². The van der Waals surface area contributed by atoms with E-state index in [1.165, 1.54) is 6.26 Å². The Balaban J connectivity index is 0. The molecule has 0 rings (SSSR count). The highest BCUT2D eigenvalue weighted by atomic mass is 16.5. The van der Waals surface area contributed by atoms with Gasteiger partial charge < -0.3 is 4.74 Å². The predicted octanol–water partition coefficient (Wildman–Crippen LogP) is 1.02. The lowest BCUT2D eigenvalue weighted by Gasteiger charge is -1.73. The molecule has 0 aliphatic carbocycles. The maximum Gasteiger partial charge on any atom is 0.0766 e. The van der Waals surface area contributed by atoms with Crippen LogP contribution in [0.25, 0.3) is 0 Å². The second kappa shape index (κ2) is 2.54. The van der Waals surface area contributed by atoms with Crippen LogP contribution >= 0.6 is 0 Å². The van der Waals surface area contributed by atoms with E-state index < -0.39 is 0 Å². The lowest BCUT2D eigenvalue weighted by atomic mass is 11.2. The first-order chi connectivity index (χ1) is 1.91. The van der Waals surface area contributed by atoms with Crippen LogP contribution in [0.2, 0.25) is 0 Å². The van der Waals surface area contributed by atoms with Crippen LogP contribution in [-0.4, -0.2) is 7.11 Å². The molecule has 0 spiro atoms. The first kappa shape index (κ1) is 3.54. The Bertz CT molecular complexity index is 20.9. The van der Waals surface area contributed by atoms with Gasteiger partial charge in [-0.1, -0.05) is 6.58 Å². The zero-order valence-corrected chi connectivity index (χ0v) is 2.69. The lowest BCUT2D eigenvalue weighted by molar-refractivity contribution is 0.339. The average Bonchev–Trinajstić information content (AvgIpc) is 1.37. The van der Waals surface area contributed by atoms with E-state index in [9.17, 15) is 0 Å². The zero-order chi connectivity index (χ0) is 3.41. The van der Waals surface area contributed by atoms with Crippen molar-refractivity contribution in [2.45, 2.75) is 0 Å². The number of hydrogen-bond acceptors (Lipinski definition) is 1. The molecule has 0 saturated carbocycles. The van der Waals surface area contributed by atoms with Crippen LogP contribution in [0.1, 0.15) is 1.43 Å². The average molecular weight is 60.1 g/mol. The first-order valence-electron chi connectivity index (χ1n) is 1.05. The molecule has 0 bridgehead atoms. The van der Waals surface area contributed by atoms with Crippen molar-refractivity contribution in [1.29, 1.82) is 0 Å². The van der Waals surface area contributed by atoms with Crippen LogP contribution in [0.4, 0.5) is 0 Å². The second-order valence-corrected chi connectivity index (χ2v) is 0.402.